The summed E-state index contributed by atoms with van der Waals surface area (Å²) in [6.07, 6.45) is 1.49. The molecule has 0 spiro atoms. The van der Waals surface area contributed by atoms with Crippen molar-refractivity contribution < 1.29 is 19.5 Å². The van der Waals surface area contributed by atoms with Crippen molar-refractivity contribution in [1.29, 1.82) is 0 Å². The largest absolute Gasteiger partial charge is 0.481 e. The summed E-state index contributed by atoms with van der Waals surface area (Å²) in [5, 5.41) is 11.5. The third-order valence-corrected chi connectivity index (χ3v) is 3.52. The van der Waals surface area contributed by atoms with Gasteiger partial charge in [0.05, 0.1) is 11.3 Å². The molecule has 0 bridgehead atoms. The predicted octanol–water partition coefficient (Wildman–Crippen LogP) is 0.115. The number of aliphatic carboxylic acids is 1. The first-order chi connectivity index (χ1) is 8.24. The molecule has 4 N–H and O–H groups in total. The fourth-order valence-corrected chi connectivity index (χ4v) is 1.98. The van der Waals surface area contributed by atoms with Gasteiger partial charge >= 0.3 is 5.97 Å². The van der Waals surface area contributed by atoms with Gasteiger partial charge in [-0.25, -0.2) is 0 Å². The summed E-state index contributed by atoms with van der Waals surface area (Å²) in [6, 6.07) is 0. The molecule has 0 aromatic heterocycles. The van der Waals surface area contributed by atoms with E-state index in [1.165, 1.54) is 0 Å². The van der Waals surface area contributed by atoms with E-state index >= 15 is 0 Å². The molecular formula is C12H20N2O4. The lowest BCUT2D eigenvalue weighted by atomic mass is 9.92. The summed E-state index contributed by atoms with van der Waals surface area (Å²) >= 11 is 0. The summed E-state index contributed by atoms with van der Waals surface area (Å²) in [6.45, 7) is 3.49. The lowest BCUT2D eigenvalue weighted by Crippen LogP contribution is -2.43. The fraction of sp³-hybridized carbons (Fsp3) is 0.750. The van der Waals surface area contributed by atoms with Gasteiger partial charge < -0.3 is 16.2 Å². The van der Waals surface area contributed by atoms with Crippen LogP contribution in [-0.4, -0.2) is 29.4 Å². The molecule has 0 heterocycles. The molecule has 0 radical (unpaired) electrons. The van der Waals surface area contributed by atoms with Gasteiger partial charge in [-0.05, 0) is 33.1 Å². The highest BCUT2D eigenvalue weighted by atomic mass is 16.4. The molecule has 0 saturated heterocycles. The van der Waals surface area contributed by atoms with Crippen molar-refractivity contribution in [3.8, 4) is 0 Å². The van der Waals surface area contributed by atoms with Crippen molar-refractivity contribution in [3.05, 3.63) is 0 Å². The van der Waals surface area contributed by atoms with E-state index in [0.717, 1.165) is 0 Å². The molecule has 0 aliphatic heterocycles. The molecule has 2 amide bonds. The molecule has 6 nitrogen and oxygen atoms in total. The first kappa shape index (κ1) is 14.5. The van der Waals surface area contributed by atoms with Gasteiger partial charge in [0.2, 0.25) is 11.8 Å². The van der Waals surface area contributed by atoms with Crippen molar-refractivity contribution in [3.63, 3.8) is 0 Å². The third kappa shape index (κ3) is 3.45. The smallest absolute Gasteiger partial charge is 0.306 e. The summed E-state index contributed by atoms with van der Waals surface area (Å²) in [5.74, 6) is -2.20. The fourth-order valence-electron chi connectivity index (χ4n) is 1.98. The number of hydrogen-bond donors (Lipinski definition) is 3. The minimum Gasteiger partial charge on any atom is -0.481 e. The highest BCUT2D eigenvalue weighted by Crippen LogP contribution is 2.31. The van der Waals surface area contributed by atoms with Gasteiger partial charge in [0.15, 0.2) is 0 Å². The van der Waals surface area contributed by atoms with Crippen molar-refractivity contribution in [2.75, 3.05) is 6.54 Å². The molecule has 6 heteroatoms. The Morgan fingerprint density at radius 1 is 1.28 bits per heavy atom. The number of carbonyl (C=O) groups excluding carboxylic acids is 2. The average Bonchev–Trinajstić information content (AvgIpc) is 2.75. The van der Waals surface area contributed by atoms with Crippen LogP contribution in [0.2, 0.25) is 0 Å². The van der Waals surface area contributed by atoms with Gasteiger partial charge in [-0.15, -0.1) is 0 Å². The van der Waals surface area contributed by atoms with E-state index in [-0.39, 0.29) is 18.4 Å². The second-order valence-electron chi connectivity index (χ2n) is 5.51. The minimum atomic E-state index is -0.845. The zero-order valence-electron chi connectivity index (χ0n) is 10.7. The van der Waals surface area contributed by atoms with Crippen LogP contribution in [-0.2, 0) is 14.4 Å². The Bertz CT molecular complexity index is 365. The Balaban J connectivity index is 2.44. The Hall–Kier alpha value is -1.59. The lowest BCUT2D eigenvalue weighted by Gasteiger charge is -2.22. The summed E-state index contributed by atoms with van der Waals surface area (Å²) in [4.78, 5) is 33.7. The van der Waals surface area contributed by atoms with Crippen LogP contribution >= 0.6 is 0 Å². The maximum atomic E-state index is 11.8. The maximum absolute atomic E-state index is 11.8. The van der Waals surface area contributed by atoms with E-state index in [9.17, 15) is 14.4 Å². The number of amides is 2. The number of rotatable bonds is 5. The Morgan fingerprint density at radius 2 is 1.83 bits per heavy atom. The molecule has 2 atom stereocenters. The molecule has 0 unspecified atom stereocenters. The number of carboxylic acid groups (broad SMARTS) is 1. The number of nitrogens with two attached hydrogens (primary N) is 1. The van der Waals surface area contributed by atoms with E-state index < -0.39 is 23.2 Å². The first-order valence-electron chi connectivity index (χ1n) is 6.04. The normalized spacial score (nSPS) is 23.7. The summed E-state index contributed by atoms with van der Waals surface area (Å²) < 4.78 is 0. The molecule has 1 fully saturated rings. The molecule has 1 saturated carbocycles. The maximum Gasteiger partial charge on any atom is 0.306 e. The quantitative estimate of drug-likeness (QED) is 0.648. The second kappa shape index (κ2) is 5.37. The lowest BCUT2D eigenvalue weighted by molar-refractivity contribution is -0.141. The van der Waals surface area contributed by atoms with E-state index in [1.807, 2.05) is 0 Å². The van der Waals surface area contributed by atoms with Crippen LogP contribution in [0.15, 0.2) is 0 Å². The van der Waals surface area contributed by atoms with E-state index in [0.29, 0.717) is 19.3 Å². The number of hydrogen-bond acceptors (Lipinski definition) is 3. The van der Waals surface area contributed by atoms with Crippen LogP contribution in [0.4, 0.5) is 0 Å². The van der Waals surface area contributed by atoms with E-state index in [4.69, 9.17) is 10.8 Å². The zero-order valence-corrected chi connectivity index (χ0v) is 10.7. The second-order valence-corrected chi connectivity index (χ2v) is 5.51. The highest BCUT2D eigenvalue weighted by Gasteiger charge is 2.34. The van der Waals surface area contributed by atoms with Gasteiger partial charge in [0, 0.05) is 12.5 Å². The molecule has 0 aromatic carbocycles. The van der Waals surface area contributed by atoms with Crippen molar-refractivity contribution in [2.24, 2.45) is 23.0 Å². The summed E-state index contributed by atoms with van der Waals surface area (Å²) in [7, 11) is 0. The molecule has 1 aliphatic carbocycles. The van der Waals surface area contributed by atoms with E-state index in [2.05, 4.69) is 5.32 Å². The monoisotopic (exact) mass is 256 g/mol. The molecule has 1 aliphatic rings. The first-order valence-corrected chi connectivity index (χ1v) is 6.04. The molecule has 0 aromatic rings. The van der Waals surface area contributed by atoms with Gasteiger partial charge in [-0.3, -0.25) is 14.4 Å². The van der Waals surface area contributed by atoms with Crippen LogP contribution in [0.3, 0.4) is 0 Å². The highest BCUT2D eigenvalue weighted by molar-refractivity contribution is 5.83. The molecular weight excluding hydrogens is 236 g/mol. The van der Waals surface area contributed by atoms with Gasteiger partial charge in [0.25, 0.3) is 0 Å². The minimum absolute atomic E-state index is 0.176. The van der Waals surface area contributed by atoms with Crippen LogP contribution in [0.5, 0.6) is 0 Å². The number of carbonyl (C=O) groups is 3. The van der Waals surface area contributed by atoms with Gasteiger partial charge in [0.1, 0.15) is 0 Å². The van der Waals surface area contributed by atoms with Gasteiger partial charge in [-0.2, -0.15) is 0 Å². The van der Waals surface area contributed by atoms with Crippen LogP contribution in [0, 0.1) is 17.3 Å². The number of primary amides is 1. The van der Waals surface area contributed by atoms with E-state index in [1.54, 1.807) is 13.8 Å². The number of nitrogens with one attached hydrogen (secondary N) is 1. The van der Waals surface area contributed by atoms with Crippen molar-refractivity contribution in [2.45, 2.75) is 33.1 Å². The third-order valence-electron chi connectivity index (χ3n) is 3.52. The molecule has 102 valence electrons. The topological polar surface area (TPSA) is 109 Å². The van der Waals surface area contributed by atoms with Crippen LogP contribution < -0.4 is 11.1 Å². The van der Waals surface area contributed by atoms with Gasteiger partial charge in [-0.1, -0.05) is 0 Å². The Kier molecular flexibility index (Phi) is 4.32. The molecule has 1 rings (SSSR count). The average molecular weight is 256 g/mol. The number of carboxylic acids is 1. The van der Waals surface area contributed by atoms with Crippen molar-refractivity contribution in [1.82, 2.24) is 5.32 Å². The Labute approximate surface area is 106 Å². The van der Waals surface area contributed by atoms with Crippen LogP contribution in [0.1, 0.15) is 33.1 Å². The molecule has 18 heavy (non-hydrogen) atoms. The Morgan fingerprint density at radius 3 is 2.28 bits per heavy atom. The summed E-state index contributed by atoms with van der Waals surface area (Å²) in [5.41, 5.74) is 4.41. The predicted molar refractivity (Wildman–Crippen MR) is 64.5 cm³/mol. The van der Waals surface area contributed by atoms with Crippen molar-refractivity contribution >= 4 is 17.8 Å². The van der Waals surface area contributed by atoms with Crippen LogP contribution in [0.25, 0.3) is 0 Å². The SMILES string of the molecule is CC(C)(CNC(=O)[C@@H]1CC[C@H](C(=O)O)C1)C(N)=O. The zero-order chi connectivity index (χ0) is 13.9. The standard InChI is InChI=1S/C12H20N2O4/c1-12(2,11(13)18)6-14-9(15)7-3-4-8(5-7)10(16)17/h7-8H,3-6H2,1-2H3,(H2,13,18)(H,14,15)(H,16,17)/t7-,8+/m1/s1.